The molecule has 0 bridgehead atoms. The standard InChI is InChI=1S/C18H26N2O3/c1-3-8-18(17(19)22)9-11-20(12-10-18)16(21)13-14-4-6-15(23-2)7-5-14/h4-7H,3,8-13H2,1-2H3,(H2,19,22). The molecule has 0 aliphatic carbocycles. The maximum atomic E-state index is 12.4. The summed E-state index contributed by atoms with van der Waals surface area (Å²) in [7, 11) is 1.62. The average Bonchev–Trinajstić information content (AvgIpc) is 2.56. The van der Waals surface area contributed by atoms with Gasteiger partial charge in [0, 0.05) is 13.1 Å². The van der Waals surface area contributed by atoms with E-state index in [9.17, 15) is 9.59 Å². The van der Waals surface area contributed by atoms with E-state index in [0.29, 0.717) is 32.4 Å². The van der Waals surface area contributed by atoms with Gasteiger partial charge in [-0.25, -0.2) is 0 Å². The van der Waals surface area contributed by atoms with E-state index in [1.54, 1.807) is 7.11 Å². The zero-order valence-electron chi connectivity index (χ0n) is 14.0. The average molecular weight is 318 g/mol. The second kappa shape index (κ2) is 7.49. The summed E-state index contributed by atoms with van der Waals surface area (Å²) >= 11 is 0. The number of benzene rings is 1. The lowest BCUT2D eigenvalue weighted by Gasteiger charge is -2.39. The molecule has 0 atom stereocenters. The van der Waals surface area contributed by atoms with E-state index in [1.807, 2.05) is 29.2 Å². The zero-order chi connectivity index (χ0) is 16.9. The van der Waals surface area contributed by atoms with Gasteiger partial charge in [0.05, 0.1) is 18.9 Å². The van der Waals surface area contributed by atoms with Crippen LogP contribution >= 0.6 is 0 Å². The van der Waals surface area contributed by atoms with Gasteiger partial charge in [-0.1, -0.05) is 25.5 Å². The molecule has 1 aliphatic rings. The van der Waals surface area contributed by atoms with E-state index in [-0.39, 0.29) is 11.8 Å². The van der Waals surface area contributed by atoms with E-state index in [4.69, 9.17) is 10.5 Å². The Bertz CT molecular complexity index is 546. The van der Waals surface area contributed by atoms with Crippen molar-refractivity contribution in [1.29, 1.82) is 0 Å². The quantitative estimate of drug-likeness (QED) is 0.873. The van der Waals surface area contributed by atoms with Crippen LogP contribution in [0, 0.1) is 5.41 Å². The number of hydrogen-bond donors (Lipinski definition) is 1. The van der Waals surface area contributed by atoms with Crippen molar-refractivity contribution in [2.24, 2.45) is 11.1 Å². The second-order valence-corrected chi connectivity index (χ2v) is 6.30. The predicted octanol–water partition coefficient (Wildman–Crippen LogP) is 2.13. The largest absolute Gasteiger partial charge is 0.497 e. The van der Waals surface area contributed by atoms with Gasteiger partial charge in [-0.15, -0.1) is 0 Å². The van der Waals surface area contributed by atoms with E-state index in [2.05, 4.69) is 6.92 Å². The number of hydrogen-bond acceptors (Lipinski definition) is 3. The number of likely N-dealkylation sites (tertiary alicyclic amines) is 1. The van der Waals surface area contributed by atoms with Crippen LogP contribution in [-0.4, -0.2) is 36.9 Å². The van der Waals surface area contributed by atoms with Crippen molar-refractivity contribution in [3.63, 3.8) is 0 Å². The molecule has 0 radical (unpaired) electrons. The summed E-state index contributed by atoms with van der Waals surface area (Å²) in [4.78, 5) is 26.1. The molecule has 1 aliphatic heterocycles. The summed E-state index contributed by atoms with van der Waals surface area (Å²) in [5.74, 6) is 0.663. The molecular weight excluding hydrogens is 292 g/mol. The van der Waals surface area contributed by atoms with Crippen LogP contribution in [0.2, 0.25) is 0 Å². The number of ether oxygens (including phenoxy) is 1. The summed E-state index contributed by atoms with van der Waals surface area (Å²) in [5.41, 5.74) is 6.15. The first-order valence-electron chi connectivity index (χ1n) is 8.21. The smallest absolute Gasteiger partial charge is 0.226 e. The number of nitrogens with two attached hydrogens (primary N) is 1. The number of nitrogens with zero attached hydrogens (tertiary/aromatic N) is 1. The number of piperidine rings is 1. The van der Waals surface area contributed by atoms with Gasteiger partial charge in [-0.3, -0.25) is 9.59 Å². The lowest BCUT2D eigenvalue weighted by atomic mass is 9.74. The van der Waals surface area contributed by atoms with E-state index < -0.39 is 5.41 Å². The van der Waals surface area contributed by atoms with Crippen LogP contribution in [0.4, 0.5) is 0 Å². The van der Waals surface area contributed by atoms with Gasteiger partial charge in [0.1, 0.15) is 5.75 Å². The highest BCUT2D eigenvalue weighted by atomic mass is 16.5. The Morgan fingerprint density at radius 3 is 2.30 bits per heavy atom. The molecule has 2 amide bonds. The van der Waals surface area contributed by atoms with Crippen LogP contribution in [0.3, 0.4) is 0 Å². The molecule has 2 N–H and O–H groups in total. The van der Waals surface area contributed by atoms with Crippen LogP contribution in [0.1, 0.15) is 38.2 Å². The van der Waals surface area contributed by atoms with Gasteiger partial charge in [-0.2, -0.15) is 0 Å². The van der Waals surface area contributed by atoms with Crippen molar-refractivity contribution in [1.82, 2.24) is 4.90 Å². The van der Waals surface area contributed by atoms with Crippen molar-refractivity contribution < 1.29 is 14.3 Å². The molecule has 1 saturated heterocycles. The van der Waals surface area contributed by atoms with Crippen LogP contribution in [0.15, 0.2) is 24.3 Å². The normalized spacial score (nSPS) is 16.9. The minimum absolute atomic E-state index is 0.102. The number of carbonyl (C=O) groups excluding carboxylic acids is 2. The predicted molar refractivity (Wildman–Crippen MR) is 89.0 cm³/mol. The number of carbonyl (C=O) groups is 2. The Morgan fingerprint density at radius 1 is 1.22 bits per heavy atom. The van der Waals surface area contributed by atoms with E-state index in [1.165, 1.54) is 0 Å². The van der Waals surface area contributed by atoms with Crippen molar-refractivity contribution in [3.8, 4) is 5.75 Å². The molecule has 1 heterocycles. The molecule has 126 valence electrons. The monoisotopic (exact) mass is 318 g/mol. The third kappa shape index (κ3) is 4.03. The van der Waals surface area contributed by atoms with Gasteiger partial charge in [0.15, 0.2) is 0 Å². The van der Waals surface area contributed by atoms with Crippen molar-refractivity contribution >= 4 is 11.8 Å². The fraction of sp³-hybridized carbons (Fsp3) is 0.556. The highest BCUT2D eigenvalue weighted by Crippen LogP contribution is 2.36. The third-order valence-electron chi connectivity index (χ3n) is 4.84. The van der Waals surface area contributed by atoms with E-state index >= 15 is 0 Å². The Morgan fingerprint density at radius 2 is 1.83 bits per heavy atom. The molecule has 0 saturated carbocycles. The molecule has 23 heavy (non-hydrogen) atoms. The van der Waals surface area contributed by atoms with Gasteiger partial charge in [0.25, 0.3) is 0 Å². The zero-order valence-corrected chi connectivity index (χ0v) is 14.0. The van der Waals surface area contributed by atoms with Crippen LogP contribution in [0.25, 0.3) is 0 Å². The van der Waals surface area contributed by atoms with Crippen molar-refractivity contribution in [3.05, 3.63) is 29.8 Å². The second-order valence-electron chi connectivity index (χ2n) is 6.30. The number of methoxy groups -OCH3 is 1. The highest BCUT2D eigenvalue weighted by molar-refractivity contribution is 5.82. The van der Waals surface area contributed by atoms with Gasteiger partial charge in [-0.05, 0) is 37.0 Å². The van der Waals surface area contributed by atoms with Gasteiger partial charge in [0.2, 0.25) is 11.8 Å². The lowest BCUT2D eigenvalue weighted by Crippen LogP contribution is -2.49. The van der Waals surface area contributed by atoms with Gasteiger partial charge < -0.3 is 15.4 Å². The maximum Gasteiger partial charge on any atom is 0.226 e. The minimum atomic E-state index is -0.425. The summed E-state index contributed by atoms with van der Waals surface area (Å²) < 4.78 is 5.12. The van der Waals surface area contributed by atoms with Crippen LogP contribution < -0.4 is 10.5 Å². The lowest BCUT2D eigenvalue weighted by molar-refractivity contribution is -0.138. The molecule has 0 aromatic heterocycles. The van der Waals surface area contributed by atoms with Crippen LogP contribution in [0.5, 0.6) is 5.75 Å². The Balaban J connectivity index is 1.93. The molecule has 1 aromatic rings. The first-order valence-corrected chi connectivity index (χ1v) is 8.21. The SMILES string of the molecule is CCCC1(C(N)=O)CCN(C(=O)Cc2ccc(OC)cc2)CC1. The molecule has 5 heteroatoms. The molecule has 0 unspecified atom stereocenters. The molecule has 0 spiro atoms. The first-order chi connectivity index (χ1) is 11.0. The number of rotatable bonds is 6. The Labute approximate surface area is 137 Å². The Kier molecular flexibility index (Phi) is 5.64. The summed E-state index contributed by atoms with van der Waals surface area (Å²) in [5, 5.41) is 0. The minimum Gasteiger partial charge on any atom is -0.497 e. The summed E-state index contributed by atoms with van der Waals surface area (Å²) in [6, 6.07) is 7.54. The van der Waals surface area contributed by atoms with Gasteiger partial charge >= 0.3 is 0 Å². The number of amides is 2. The topological polar surface area (TPSA) is 72.6 Å². The van der Waals surface area contributed by atoms with Crippen molar-refractivity contribution in [2.45, 2.75) is 39.0 Å². The molecule has 5 nitrogen and oxygen atoms in total. The third-order valence-corrected chi connectivity index (χ3v) is 4.84. The highest BCUT2D eigenvalue weighted by Gasteiger charge is 2.39. The van der Waals surface area contributed by atoms with Crippen molar-refractivity contribution in [2.75, 3.05) is 20.2 Å². The summed E-state index contributed by atoms with van der Waals surface area (Å²) in [6.07, 6.45) is 3.46. The maximum absolute atomic E-state index is 12.4. The fourth-order valence-corrected chi connectivity index (χ4v) is 3.31. The fourth-order valence-electron chi connectivity index (χ4n) is 3.31. The molecular formula is C18H26N2O3. The Hall–Kier alpha value is -2.04. The first kappa shape index (κ1) is 17.3. The molecule has 1 fully saturated rings. The van der Waals surface area contributed by atoms with E-state index in [0.717, 1.165) is 24.2 Å². The molecule has 2 rings (SSSR count). The number of primary amides is 1. The van der Waals surface area contributed by atoms with Crippen LogP contribution in [-0.2, 0) is 16.0 Å². The summed E-state index contributed by atoms with van der Waals surface area (Å²) in [6.45, 7) is 3.28. The molecule has 1 aromatic carbocycles.